The average Bonchev–Trinajstić information content (AvgIpc) is 3.30. The molecule has 0 fully saturated rings. The van der Waals surface area contributed by atoms with E-state index in [0.29, 0.717) is 22.7 Å². The van der Waals surface area contributed by atoms with Crippen LogP contribution in [0.1, 0.15) is 24.2 Å². The third-order valence-electron chi connectivity index (χ3n) is 5.16. The van der Waals surface area contributed by atoms with Crippen molar-refractivity contribution < 1.29 is 17.9 Å². The van der Waals surface area contributed by atoms with Gasteiger partial charge >= 0.3 is 0 Å². The van der Waals surface area contributed by atoms with Gasteiger partial charge in [0.2, 0.25) is 10.0 Å². The highest BCUT2D eigenvalue weighted by atomic mass is 32.2. The van der Waals surface area contributed by atoms with Crippen LogP contribution in [0.3, 0.4) is 0 Å². The molecule has 1 amide bonds. The minimum absolute atomic E-state index is 0.125. The SMILES string of the molecule is COc1ccc(-c2nn(-c3ccccc3)cc2C(=O)Nc2ccc(S(=O)(=O)NC(C)C)cc2)cc1. The van der Waals surface area contributed by atoms with E-state index in [1.54, 1.807) is 44.0 Å². The number of sulfonamides is 1. The molecule has 1 aromatic heterocycles. The number of carbonyl (C=O) groups is 1. The zero-order chi connectivity index (χ0) is 25.0. The largest absolute Gasteiger partial charge is 0.497 e. The van der Waals surface area contributed by atoms with Crippen LogP contribution in [-0.2, 0) is 10.0 Å². The smallest absolute Gasteiger partial charge is 0.259 e. The van der Waals surface area contributed by atoms with Gasteiger partial charge in [-0.25, -0.2) is 17.8 Å². The molecule has 35 heavy (non-hydrogen) atoms. The summed E-state index contributed by atoms with van der Waals surface area (Å²) in [7, 11) is -2.03. The Morgan fingerprint density at radius 1 is 0.943 bits per heavy atom. The normalized spacial score (nSPS) is 11.4. The fraction of sp³-hybridized carbons (Fsp3) is 0.154. The van der Waals surface area contributed by atoms with Crippen LogP contribution in [0.5, 0.6) is 5.75 Å². The van der Waals surface area contributed by atoms with Gasteiger partial charge in [-0.2, -0.15) is 5.10 Å². The first-order chi connectivity index (χ1) is 16.8. The number of ether oxygens (including phenoxy) is 1. The second kappa shape index (κ2) is 10.1. The Morgan fingerprint density at radius 3 is 2.20 bits per heavy atom. The van der Waals surface area contributed by atoms with Crippen molar-refractivity contribution in [3.05, 3.63) is 90.6 Å². The van der Waals surface area contributed by atoms with Crippen LogP contribution >= 0.6 is 0 Å². The number of methoxy groups -OCH3 is 1. The van der Waals surface area contributed by atoms with Crippen LogP contribution in [0, 0.1) is 0 Å². The van der Waals surface area contributed by atoms with E-state index in [4.69, 9.17) is 4.74 Å². The van der Waals surface area contributed by atoms with Crippen LogP contribution in [0.25, 0.3) is 16.9 Å². The van der Waals surface area contributed by atoms with Gasteiger partial charge in [0.05, 0.1) is 23.3 Å². The molecule has 0 spiro atoms. The number of benzene rings is 3. The Bertz CT molecular complexity index is 1410. The molecule has 0 aliphatic carbocycles. The van der Waals surface area contributed by atoms with Crippen molar-refractivity contribution in [1.29, 1.82) is 0 Å². The second-order valence-corrected chi connectivity index (χ2v) is 9.87. The maximum atomic E-state index is 13.3. The highest BCUT2D eigenvalue weighted by molar-refractivity contribution is 7.89. The summed E-state index contributed by atoms with van der Waals surface area (Å²) < 4.78 is 34.2. The van der Waals surface area contributed by atoms with Gasteiger partial charge in [-0.15, -0.1) is 0 Å². The summed E-state index contributed by atoms with van der Waals surface area (Å²) in [5.41, 5.74) is 2.92. The molecule has 0 aliphatic heterocycles. The van der Waals surface area contributed by atoms with Gasteiger partial charge in [-0.05, 0) is 74.5 Å². The third kappa shape index (κ3) is 5.59. The van der Waals surface area contributed by atoms with E-state index in [1.165, 1.54) is 12.1 Å². The van der Waals surface area contributed by atoms with Crippen LogP contribution in [-0.4, -0.2) is 37.3 Å². The standard InChI is InChI=1S/C26H26N4O4S/c1-18(2)29-35(32,33)23-15-11-20(12-16-23)27-26(31)24-17-30(21-7-5-4-6-8-21)28-25(24)19-9-13-22(34-3)14-10-19/h4-18,29H,1-3H3,(H,27,31). The number of hydrogen-bond acceptors (Lipinski definition) is 5. The molecule has 2 N–H and O–H groups in total. The molecule has 0 radical (unpaired) electrons. The predicted octanol–water partition coefficient (Wildman–Crippen LogP) is 4.49. The molecule has 8 nitrogen and oxygen atoms in total. The number of nitrogens with zero attached hydrogens (tertiary/aromatic N) is 2. The molecule has 4 aromatic rings. The first kappa shape index (κ1) is 24.2. The zero-order valence-corrected chi connectivity index (χ0v) is 20.4. The minimum atomic E-state index is -3.62. The summed E-state index contributed by atoms with van der Waals surface area (Å²) in [6.45, 7) is 3.50. The van der Waals surface area contributed by atoms with Gasteiger partial charge in [-0.3, -0.25) is 4.79 Å². The Morgan fingerprint density at radius 2 is 1.60 bits per heavy atom. The van der Waals surface area contributed by atoms with E-state index >= 15 is 0 Å². The van der Waals surface area contributed by atoms with E-state index in [9.17, 15) is 13.2 Å². The van der Waals surface area contributed by atoms with Crippen molar-refractivity contribution in [1.82, 2.24) is 14.5 Å². The fourth-order valence-corrected chi connectivity index (χ4v) is 4.76. The molecule has 0 bridgehead atoms. The quantitative estimate of drug-likeness (QED) is 0.379. The number of amides is 1. The number of anilines is 1. The molecule has 0 saturated carbocycles. The molecule has 3 aromatic carbocycles. The first-order valence-electron chi connectivity index (χ1n) is 11.0. The van der Waals surface area contributed by atoms with Gasteiger partial charge < -0.3 is 10.1 Å². The lowest BCUT2D eigenvalue weighted by atomic mass is 10.1. The van der Waals surface area contributed by atoms with E-state index in [1.807, 2.05) is 54.6 Å². The van der Waals surface area contributed by atoms with Crippen molar-refractivity contribution in [3.8, 4) is 22.7 Å². The Labute approximate surface area is 204 Å². The fourth-order valence-electron chi connectivity index (χ4n) is 3.51. The molecular weight excluding hydrogens is 464 g/mol. The number of carbonyl (C=O) groups excluding carboxylic acids is 1. The molecule has 180 valence electrons. The van der Waals surface area contributed by atoms with Crippen molar-refractivity contribution >= 4 is 21.6 Å². The predicted molar refractivity (Wildman–Crippen MR) is 135 cm³/mol. The number of rotatable bonds is 8. The summed E-state index contributed by atoms with van der Waals surface area (Å²) in [6.07, 6.45) is 1.68. The van der Waals surface area contributed by atoms with Gasteiger partial charge in [0.25, 0.3) is 5.91 Å². The van der Waals surface area contributed by atoms with Crippen LogP contribution in [0.2, 0.25) is 0 Å². The topological polar surface area (TPSA) is 102 Å². The van der Waals surface area contributed by atoms with Gasteiger partial charge in [0.15, 0.2) is 0 Å². The maximum absolute atomic E-state index is 13.3. The summed E-state index contributed by atoms with van der Waals surface area (Å²) >= 11 is 0. The van der Waals surface area contributed by atoms with Crippen LogP contribution < -0.4 is 14.8 Å². The number of hydrogen-bond donors (Lipinski definition) is 2. The van der Waals surface area contributed by atoms with E-state index in [0.717, 1.165) is 11.3 Å². The summed E-state index contributed by atoms with van der Waals surface area (Å²) in [6, 6.07) is 22.6. The Kier molecular flexibility index (Phi) is 6.99. The maximum Gasteiger partial charge on any atom is 0.259 e. The highest BCUT2D eigenvalue weighted by Gasteiger charge is 2.20. The summed E-state index contributed by atoms with van der Waals surface area (Å²) in [5.74, 6) is 0.332. The lowest BCUT2D eigenvalue weighted by Crippen LogP contribution is -2.30. The zero-order valence-electron chi connectivity index (χ0n) is 19.6. The number of aromatic nitrogens is 2. The van der Waals surface area contributed by atoms with E-state index in [2.05, 4.69) is 15.1 Å². The van der Waals surface area contributed by atoms with Crippen molar-refractivity contribution in [3.63, 3.8) is 0 Å². The van der Waals surface area contributed by atoms with E-state index in [-0.39, 0.29) is 16.8 Å². The summed E-state index contributed by atoms with van der Waals surface area (Å²) in [5, 5.41) is 7.51. The molecule has 1 heterocycles. The molecule has 0 atom stereocenters. The molecule has 0 aliphatic rings. The Hall–Kier alpha value is -3.95. The number of nitrogens with one attached hydrogen (secondary N) is 2. The lowest BCUT2D eigenvalue weighted by Gasteiger charge is -2.10. The van der Waals surface area contributed by atoms with Crippen molar-refractivity contribution in [2.24, 2.45) is 0 Å². The molecule has 9 heteroatoms. The Balaban J connectivity index is 1.65. The molecule has 0 saturated heterocycles. The molecule has 0 unspecified atom stereocenters. The lowest BCUT2D eigenvalue weighted by molar-refractivity contribution is 0.102. The van der Waals surface area contributed by atoms with E-state index < -0.39 is 10.0 Å². The van der Waals surface area contributed by atoms with Crippen molar-refractivity contribution in [2.75, 3.05) is 12.4 Å². The van der Waals surface area contributed by atoms with Gasteiger partial charge in [0.1, 0.15) is 11.4 Å². The number of para-hydroxylation sites is 1. The highest BCUT2D eigenvalue weighted by Crippen LogP contribution is 2.27. The second-order valence-electron chi connectivity index (χ2n) is 8.15. The van der Waals surface area contributed by atoms with Crippen LogP contribution in [0.4, 0.5) is 5.69 Å². The third-order valence-corrected chi connectivity index (χ3v) is 6.83. The first-order valence-corrected chi connectivity index (χ1v) is 12.5. The van der Waals surface area contributed by atoms with Gasteiger partial charge in [0, 0.05) is 23.5 Å². The summed E-state index contributed by atoms with van der Waals surface area (Å²) in [4.78, 5) is 13.4. The van der Waals surface area contributed by atoms with Crippen molar-refractivity contribution in [2.45, 2.75) is 24.8 Å². The van der Waals surface area contributed by atoms with Crippen LogP contribution in [0.15, 0.2) is 90.0 Å². The average molecular weight is 491 g/mol. The molecular formula is C26H26N4O4S. The molecule has 4 rings (SSSR count). The monoisotopic (exact) mass is 490 g/mol. The minimum Gasteiger partial charge on any atom is -0.497 e. The van der Waals surface area contributed by atoms with Gasteiger partial charge in [-0.1, -0.05) is 18.2 Å².